The maximum Gasteiger partial charge on any atom is 0.136 e. The van der Waals surface area contributed by atoms with Crippen LogP contribution in [0, 0.1) is 0 Å². The van der Waals surface area contributed by atoms with E-state index in [1.165, 1.54) is 16.4 Å². The van der Waals surface area contributed by atoms with E-state index in [2.05, 4.69) is 9.69 Å². The van der Waals surface area contributed by atoms with Crippen molar-refractivity contribution >= 4 is 17.3 Å². The number of hydrogen-bond acceptors (Lipinski definition) is 4. The summed E-state index contributed by atoms with van der Waals surface area (Å²) in [6, 6.07) is 2.48. The Balaban J connectivity index is 2.12. The van der Waals surface area contributed by atoms with Crippen molar-refractivity contribution in [1.29, 1.82) is 0 Å². The molecular formula is C9H12N2OS. The summed E-state index contributed by atoms with van der Waals surface area (Å²) >= 11 is 1.47. The van der Waals surface area contributed by atoms with E-state index in [4.69, 9.17) is 0 Å². The van der Waals surface area contributed by atoms with Crippen LogP contribution in [0.3, 0.4) is 0 Å². The summed E-state index contributed by atoms with van der Waals surface area (Å²) in [5.41, 5.74) is 0. The summed E-state index contributed by atoms with van der Waals surface area (Å²) in [7, 11) is 0. The maximum atomic E-state index is 11.3. The minimum atomic E-state index is 0.198. The average molecular weight is 196 g/mol. The number of rotatable bonds is 1. The van der Waals surface area contributed by atoms with Gasteiger partial charge in [-0.2, -0.15) is 0 Å². The molecule has 2 unspecified atom stereocenters. The van der Waals surface area contributed by atoms with Gasteiger partial charge in [-0.25, -0.2) is 4.37 Å². The minimum Gasteiger partial charge on any atom is -0.306 e. The predicted molar refractivity (Wildman–Crippen MR) is 51.7 cm³/mol. The number of ketones is 1. The van der Waals surface area contributed by atoms with Crippen LogP contribution in [0.15, 0.2) is 12.3 Å². The Morgan fingerprint density at radius 2 is 2.46 bits per heavy atom. The maximum absolute atomic E-state index is 11.3. The number of nitrogens with zero attached hydrogens (tertiary/aromatic N) is 1. The fraction of sp³-hybridized carbons (Fsp3) is 0.556. The molecule has 2 rings (SSSR count). The van der Waals surface area contributed by atoms with Gasteiger partial charge in [0.15, 0.2) is 0 Å². The topological polar surface area (TPSA) is 42.0 Å². The van der Waals surface area contributed by atoms with E-state index in [1.54, 1.807) is 6.20 Å². The normalized spacial score (nSPS) is 29.2. The SMILES string of the molecule is CC1CC(=O)CC(c2ccns2)N1. The highest BCUT2D eigenvalue weighted by atomic mass is 32.1. The summed E-state index contributed by atoms with van der Waals surface area (Å²) in [5, 5.41) is 3.40. The molecule has 0 amide bonds. The Hall–Kier alpha value is -0.740. The standard InChI is InChI=1S/C9H12N2OS/c1-6-4-7(12)5-8(11-6)9-2-3-10-13-9/h2-3,6,8,11H,4-5H2,1H3. The summed E-state index contributed by atoms with van der Waals surface area (Å²) < 4.78 is 4.04. The van der Waals surface area contributed by atoms with Crippen LogP contribution in [0.2, 0.25) is 0 Å². The van der Waals surface area contributed by atoms with Gasteiger partial charge in [0.05, 0.1) is 6.04 Å². The number of aromatic nitrogens is 1. The van der Waals surface area contributed by atoms with Crippen molar-refractivity contribution in [3.05, 3.63) is 17.1 Å². The zero-order valence-corrected chi connectivity index (χ0v) is 8.30. The van der Waals surface area contributed by atoms with Gasteiger partial charge in [0.1, 0.15) is 5.78 Å². The third-order valence-corrected chi connectivity index (χ3v) is 3.11. The molecule has 0 bridgehead atoms. The molecule has 1 saturated heterocycles. The molecule has 0 saturated carbocycles. The van der Waals surface area contributed by atoms with Crippen molar-refractivity contribution in [2.75, 3.05) is 0 Å². The van der Waals surface area contributed by atoms with E-state index in [0.29, 0.717) is 24.7 Å². The van der Waals surface area contributed by atoms with E-state index >= 15 is 0 Å². The number of carbonyl (C=O) groups excluding carboxylic acids is 1. The Labute approximate surface area is 81.3 Å². The van der Waals surface area contributed by atoms with Crippen LogP contribution in [-0.2, 0) is 4.79 Å². The summed E-state index contributed by atoms with van der Waals surface area (Å²) in [6.45, 7) is 2.05. The average Bonchev–Trinajstić information content (AvgIpc) is 2.53. The smallest absolute Gasteiger partial charge is 0.136 e. The first-order valence-electron chi connectivity index (χ1n) is 4.44. The van der Waals surface area contributed by atoms with Crippen LogP contribution in [0.25, 0.3) is 0 Å². The Kier molecular flexibility index (Phi) is 2.42. The van der Waals surface area contributed by atoms with Gasteiger partial charge in [0.2, 0.25) is 0 Å². The van der Waals surface area contributed by atoms with Crippen LogP contribution in [0.4, 0.5) is 0 Å². The van der Waals surface area contributed by atoms with Gasteiger partial charge in [-0.15, -0.1) is 0 Å². The molecule has 0 aliphatic carbocycles. The Morgan fingerprint density at radius 1 is 1.62 bits per heavy atom. The fourth-order valence-electron chi connectivity index (χ4n) is 1.70. The lowest BCUT2D eigenvalue weighted by Gasteiger charge is -2.26. The second kappa shape index (κ2) is 3.55. The van der Waals surface area contributed by atoms with Gasteiger partial charge in [-0.3, -0.25) is 4.79 Å². The number of hydrogen-bond donors (Lipinski definition) is 1. The summed E-state index contributed by atoms with van der Waals surface area (Å²) in [4.78, 5) is 12.5. The van der Waals surface area contributed by atoms with Gasteiger partial charge in [-0.05, 0) is 24.5 Å². The second-order valence-corrected chi connectivity index (χ2v) is 4.35. The molecule has 0 aromatic carbocycles. The van der Waals surface area contributed by atoms with Crippen molar-refractivity contribution in [1.82, 2.24) is 9.69 Å². The predicted octanol–water partition coefficient (Wildman–Crippen LogP) is 1.53. The lowest BCUT2D eigenvalue weighted by atomic mass is 9.97. The van der Waals surface area contributed by atoms with E-state index in [1.807, 2.05) is 13.0 Å². The zero-order valence-electron chi connectivity index (χ0n) is 7.49. The largest absolute Gasteiger partial charge is 0.306 e. The van der Waals surface area contributed by atoms with Gasteiger partial charge in [0, 0.05) is 30.0 Å². The molecule has 1 aliphatic rings. The molecule has 70 valence electrons. The van der Waals surface area contributed by atoms with Crippen molar-refractivity contribution < 1.29 is 4.79 Å². The molecule has 0 spiro atoms. The van der Waals surface area contributed by atoms with Crippen molar-refractivity contribution in [3.8, 4) is 0 Å². The van der Waals surface area contributed by atoms with E-state index in [9.17, 15) is 4.79 Å². The van der Waals surface area contributed by atoms with Gasteiger partial charge in [0.25, 0.3) is 0 Å². The molecule has 3 nitrogen and oxygen atoms in total. The van der Waals surface area contributed by atoms with E-state index in [-0.39, 0.29) is 6.04 Å². The highest BCUT2D eigenvalue weighted by Gasteiger charge is 2.25. The van der Waals surface area contributed by atoms with Gasteiger partial charge < -0.3 is 5.32 Å². The molecular weight excluding hydrogens is 184 g/mol. The number of nitrogens with one attached hydrogen (secondary N) is 1. The molecule has 1 aliphatic heterocycles. The highest BCUT2D eigenvalue weighted by molar-refractivity contribution is 7.05. The van der Waals surface area contributed by atoms with Gasteiger partial charge in [-0.1, -0.05) is 0 Å². The van der Waals surface area contributed by atoms with Crippen LogP contribution in [0.5, 0.6) is 0 Å². The zero-order chi connectivity index (χ0) is 9.26. The number of carbonyl (C=O) groups is 1. The molecule has 1 aromatic heterocycles. The summed E-state index contributed by atoms with van der Waals surface area (Å²) in [5.74, 6) is 0.352. The third-order valence-electron chi connectivity index (χ3n) is 2.25. The van der Waals surface area contributed by atoms with Crippen LogP contribution in [-0.4, -0.2) is 16.2 Å². The lowest BCUT2D eigenvalue weighted by molar-refractivity contribution is -0.121. The highest BCUT2D eigenvalue weighted by Crippen LogP contribution is 2.25. The van der Waals surface area contributed by atoms with E-state index < -0.39 is 0 Å². The monoisotopic (exact) mass is 196 g/mol. The second-order valence-electron chi connectivity index (χ2n) is 3.48. The molecule has 2 heterocycles. The fourth-order valence-corrected chi connectivity index (χ4v) is 2.35. The third kappa shape index (κ3) is 1.95. The lowest BCUT2D eigenvalue weighted by Crippen LogP contribution is -2.38. The Bertz CT molecular complexity index is 297. The first-order chi connectivity index (χ1) is 6.25. The number of Topliss-reactive ketones (excluding diaryl/α,β-unsaturated/α-hetero) is 1. The minimum absolute atomic E-state index is 0.198. The molecule has 4 heteroatoms. The molecule has 0 radical (unpaired) electrons. The molecule has 13 heavy (non-hydrogen) atoms. The molecule has 1 fully saturated rings. The van der Waals surface area contributed by atoms with Gasteiger partial charge >= 0.3 is 0 Å². The number of piperidine rings is 1. The summed E-state index contributed by atoms with van der Waals surface area (Å²) in [6.07, 6.45) is 3.06. The van der Waals surface area contributed by atoms with Crippen LogP contribution in [0.1, 0.15) is 30.7 Å². The van der Waals surface area contributed by atoms with Crippen molar-refractivity contribution in [2.45, 2.75) is 31.8 Å². The first-order valence-corrected chi connectivity index (χ1v) is 5.21. The Morgan fingerprint density at radius 3 is 3.08 bits per heavy atom. The van der Waals surface area contributed by atoms with E-state index in [0.717, 1.165) is 0 Å². The first kappa shape index (κ1) is 8.84. The quantitative estimate of drug-likeness (QED) is 0.740. The molecule has 1 aromatic rings. The molecule has 2 atom stereocenters. The van der Waals surface area contributed by atoms with Crippen LogP contribution >= 0.6 is 11.5 Å². The molecule has 1 N–H and O–H groups in total. The van der Waals surface area contributed by atoms with Crippen molar-refractivity contribution in [3.63, 3.8) is 0 Å². The van der Waals surface area contributed by atoms with Crippen LogP contribution < -0.4 is 5.32 Å². The van der Waals surface area contributed by atoms with Crippen molar-refractivity contribution in [2.24, 2.45) is 0 Å².